The summed E-state index contributed by atoms with van der Waals surface area (Å²) in [7, 11) is 0. The maximum atomic E-state index is 12.1. The van der Waals surface area contributed by atoms with Gasteiger partial charge in [-0.05, 0) is 25.0 Å². The Labute approximate surface area is 114 Å². The average Bonchev–Trinajstić information content (AvgIpc) is 2.45. The highest BCUT2D eigenvalue weighted by atomic mass is 16.1. The highest BCUT2D eigenvalue weighted by Gasteiger charge is 2.20. The van der Waals surface area contributed by atoms with Crippen molar-refractivity contribution in [3.63, 3.8) is 0 Å². The van der Waals surface area contributed by atoms with E-state index in [1.54, 1.807) is 6.08 Å². The molecule has 1 saturated heterocycles. The molecule has 4 nitrogen and oxygen atoms in total. The molecule has 1 aliphatic rings. The first-order chi connectivity index (χ1) is 9.22. The summed E-state index contributed by atoms with van der Waals surface area (Å²) in [6.07, 6.45) is 3.63. The van der Waals surface area contributed by atoms with Gasteiger partial charge in [-0.15, -0.1) is 6.58 Å². The van der Waals surface area contributed by atoms with Gasteiger partial charge in [0.1, 0.15) is 0 Å². The van der Waals surface area contributed by atoms with Crippen molar-refractivity contribution >= 4 is 11.6 Å². The Kier molecular flexibility index (Phi) is 4.58. The highest BCUT2D eigenvalue weighted by Crippen LogP contribution is 2.23. The maximum absolute atomic E-state index is 12.1. The molecule has 0 spiro atoms. The first-order valence-corrected chi connectivity index (χ1v) is 6.71. The highest BCUT2D eigenvalue weighted by molar-refractivity contribution is 5.99. The summed E-state index contributed by atoms with van der Waals surface area (Å²) in [6.45, 7) is 5.91. The third kappa shape index (κ3) is 3.35. The van der Waals surface area contributed by atoms with Gasteiger partial charge in [-0.2, -0.15) is 0 Å². The number of nitrogens with zero attached hydrogens (tertiary/aromatic N) is 1. The van der Waals surface area contributed by atoms with Crippen LogP contribution in [0.25, 0.3) is 0 Å². The van der Waals surface area contributed by atoms with E-state index in [-0.39, 0.29) is 11.9 Å². The fourth-order valence-corrected chi connectivity index (χ4v) is 2.34. The van der Waals surface area contributed by atoms with E-state index in [9.17, 15) is 4.79 Å². The molecule has 0 aliphatic carbocycles. The summed E-state index contributed by atoms with van der Waals surface area (Å²) >= 11 is 0. The topological polar surface area (TPSA) is 58.4 Å². The standard InChI is InChI=1S/C15H21N3O/c1-2-9-17-15(19)13-5-3-4-6-14(13)18-10-7-12(16)8-11-18/h2-6,12H,1,7-11,16H2,(H,17,19). The van der Waals surface area contributed by atoms with Crippen molar-refractivity contribution in [3.8, 4) is 0 Å². The van der Waals surface area contributed by atoms with Gasteiger partial charge in [0.25, 0.3) is 5.91 Å². The van der Waals surface area contributed by atoms with E-state index in [0.29, 0.717) is 6.54 Å². The Bertz CT molecular complexity index is 450. The summed E-state index contributed by atoms with van der Waals surface area (Å²) in [4.78, 5) is 14.4. The second kappa shape index (κ2) is 6.38. The smallest absolute Gasteiger partial charge is 0.253 e. The van der Waals surface area contributed by atoms with Gasteiger partial charge in [0.15, 0.2) is 0 Å². The number of para-hydroxylation sites is 1. The van der Waals surface area contributed by atoms with Gasteiger partial charge in [0, 0.05) is 31.4 Å². The fourth-order valence-electron chi connectivity index (χ4n) is 2.34. The van der Waals surface area contributed by atoms with E-state index in [4.69, 9.17) is 5.73 Å². The predicted molar refractivity (Wildman–Crippen MR) is 78.4 cm³/mol. The zero-order chi connectivity index (χ0) is 13.7. The number of carbonyl (C=O) groups excluding carboxylic acids is 1. The fraction of sp³-hybridized carbons (Fsp3) is 0.400. The number of nitrogens with two attached hydrogens (primary N) is 1. The molecule has 3 N–H and O–H groups in total. The van der Waals surface area contributed by atoms with Crippen LogP contribution in [0.4, 0.5) is 5.69 Å². The van der Waals surface area contributed by atoms with Crippen molar-refractivity contribution in [1.82, 2.24) is 5.32 Å². The Morgan fingerprint density at radius 3 is 2.79 bits per heavy atom. The summed E-state index contributed by atoms with van der Waals surface area (Å²) in [5, 5.41) is 2.83. The number of amides is 1. The van der Waals surface area contributed by atoms with E-state index in [0.717, 1.165) is 37.2 Å². The number of hydrogen-bond acceptors (Lipinski definition) is 3. The molecule has 0 unspecified atom stereocenters. The van der Waals surface area contributed by atoms with Gasteiger partial charge >= 0.3 is 0 Å². The number of hydrogen-bond donors (Lipinski definition) is 2. The summed E-state index contributed by atoms with van der Waals surface area (Å²) in [5.41, 5.74) is 7.64. The Morgan fingerprint density at radius 2 is 2.11 bits per heavy atom. The number of piperidine rings is 1. The molecular weight excluding hydrogens is 238 g/mol. The molecule has 0 radical (unpaired) electrons. The van der Waals surface area contributed by atoms with Gasteiger partial charge < -0.3 is 16.0 Å². The molecule has 19 heavy (non-hydrogen) atoms. The largest absolute Gasteiger partial charge is 0.371 e. The van der Waals surface area contributed by atoms with Gasteiger partial charge in [0.2, 0.25) is 0 Å². The molecule has 0 atom stereocenters. The molecule has 0 saturated carbocycles. The van der Waals surface area contributed by atoms with Gasteiger partial charge in [0.05, 0.1) is 5.56 Å². The van der Waals surface area contributed by atoms with Crippen molar-refractivity contribution < 1.29 is 4.79 Å². The minimum Gasteiger partial charge on any atom is -0.371 e. The van der Waals surface area contributed by atoms with Crippen molar-refractivity contribution in [2.45, 2.75) is 18.9 Å². The predicted octanol–water partition coefficient (Wildman–Crippen LogP) is 1.53. The molecule has 1 aromatic rings. The lowest BCUT2D eigenvalue weighted by Crippen LogP contribution is -2.40. The molecule has 1 aromatic carbocycles. The molecule has 1 fully saturated rings. The molecule has 2 rings (SSSR count). The zero-order valence-electron chi connectivity index (χ0n) is 11.1. The van der Waals surface area contributed by atoms with E-state index in [1.165, 1.54) is 0 Å². The second-order valence-electron chi connectivity index (χ2n) is 4.84. The molecule has 0 aromatic heterocycles. The first kappa shape index (κ1) is 13.6. The van der Waals surface area contributed by atoms with Crippen molar-refractivity contribution in [2.75, 3.05) is 24.5 Å². The van der Waals surface area contributed by atoms with Crippen LogP contribution in [0.1, 0.15) is 23.2 Å². The van der Waals surface area contributed by atoms with Crippen molar-refractivity contribution in [1.29, 1.82) is 0 Å². The first-order valence-electron chi connectivity index (χ1n) is 6.71. The molecule has 102 valence electrons. The molecule has 1 aliphatic heterocycles. The SMILES string of the molecule is C=CCNC(=O)c1ccccc1N1CCC(N)CC1. The maximum Gasteiger partial charge on any atom is 0.253 e. The molecule has 0 bridgehead atoms. The average molecular weight is 259 g/mol. The third-order valence-electron chi connectivity index (χ3n) is 3.44. The lowest BCUT2D eigenvalue weighted by atomic mass is 10.0. The van der Waals surface area contributed by atoms with Crippen LogP contribution in [0.2, 0.25) is 0 Å². The monoisotopic (exact) mass is 259 g/mol. The molecular formula is C15H21N3O. The number of carbonyl (C=O) groups is 1. The lowest BCUT2D eigenvalue weighted by Gasteiger charge is -2.33. The normalized spacial score (nSPS) is 16.2. The van der Waals surface area contributed by atoms with Crippen LogP contribution in [-0.4, -0.2) is 31.6 Å². The van der Waals surface area contributed by atoms with Crippen LogP contribution in [0, 0.1) is 0 Å². The van der Waals surface area contributed by atoms with E-state index >= 15 is 0 Å². The number of benzene rings is 1. The van der Waals surface area contributed by atoms with Gasteiger partial charge in [-0.1, -0.05) is 18.2 Å². The van der Waals surface area contributed by atoms with Gasteiger partial charge in [-0.25, -0.2) is 0 Å². The quantitative estimate of drug-likeness (QED) is 0.806. The van der Waals surface area contributed by atoms with Crippen LogP contribution in [0.5, 0.6) is 0 Å². The van der Waals surface area contributed by atoms with E-state index in [2.05, 4.69) is 16.8 Å². The van der Waals surface area contributed by atoms with Crippen LogP contribution < -0.4 is 16.0 Å². The molecule has 4 heteroatoms. The van der Waals surface area contributed by atoms with E-state index < -0.39 is 0 Å². The molecule has 1 amide bonds. The Hall–Kier alpha value is -1.81. The summed E-state index contributed by atoms with van der Waals surface area (Å²) in [6, 6.07) is 8.01. The Morgan fingerprint density at radius 1 is 1.42 bits per heavy atom. The van der Waals surface area contributed by atoms with E-state index in [1.807, 2.05) is 24.3 Å². The van der Waals surface area contributed by atoms with Crippen molar-refractivity contribution in [2.24, 2.45) is 5.73 Å². The zero-order valence-corrected chi connectivity index (χ0v) is 11.1. The number of anilines is 1. The summed E-state index contributed by atoms with van der Waals surface area (Å²) < 4.78 is 0. The number of rotatable bonds is 4. The van der Waals surface area contributed by atoms with Crippen LogP contribution in [-0.2, 0) is 0 Å². The van der Waals surface area contributed by atoms with Crippen LogP contribution >= 0.6 is 0 Å². The van der Waals surface area contributed by atoms with Crippen molar-refractivity contribution in [3.05, 3.63) is 42.5 Å². The minimum atomic E-state index is -0.0506. The van der Waals surface area contributed by atoms with Crippen LogP contribution in [0.15, 0.2) is 36.9 Å². The van der Waals surface area contributed by atoms with Gasteiger partial charge in [-0.3, -0.25) is 4.79 Å². The third-order valence-corrected chi connectivity index (χ3v) is 3.44. The minimum absolute atomic E-state index is 0.0506. The summed E-state index contributed by atoms with van der Waals surface area (Å²) in [5.74, 6) is -0.0506. The Balaban J connectivity index is 2.16. The molecule has 1 heterocycles. The number of nitrogens with one attached hydrogen (secondary N) is 1. The van der Waals surface area contributed by atoms with Crippen LogP contribution in [0.3, 0.4) is 0 Å². The lowest BCUT2D eigenvalue weighted by molar-refractivity contribution is 0.0958. The second-order valence-corrected chi connectivity index (χ2v) is 4.84.